The summed E-state index contributed by atoms with van der Waals surface area (Å²) in [5, 5.41) is 3.23. The van der Waals surface area contributed by atoms with Gasteiger partial charge in [0, 0.05) is 13.0 Å². The molecule has 2 aromatic rings. The second kappa shape index (κ2) is 7.92. The monoisotopic (exact) mass is 390 g/mol. The Morgan fingerprint density at radius 1 is 1.25 bits per heavy atom. The Kier molecular flexibility index (Phi) is 6.15. The van der Waals surface area contributed by atoms with Crippen molar-refractivity contribution in [2.75, 3.05) is 17.1 Å². The van der Waals surface area contributed by atoms with Crippen molar-refractivity contribution in [2.24, 2.45) is 0 Å². The van der Waals surface area contributed by atoms with E-state index in [0.717, 1.165) is 10.6 Å². The Balaban J connectivity index is 2.01. The largest absolute Gasteiger partial charge is 0.467 e. The van der Waals surface area contributed by atoms with Gasteiger partial charge in [0.1, 0.15) is 5.76 Å². The van der Waals surface area contributed by atoms with E-state index in [1.54, 1.807) is 12.1 Å². The van der Waals surface area contributed by atoms with Crippen molar-refractivity contribution in [3.05, 3.63) is 52.4 Å². The summed E-state index contributed by atoms with van der Waals surface area (Å²) in [6.07, 6.45) is 2.57. The highest BCUT2D eigenvalue weighted by molar-refractivity contribution is 7.92. The van der Waals surface area contributed by atoms with Gasteiger partial charge < -0.3 is 9.73 Å². The van der Waals surface area contributed by atoms with Gasteiger partial charge in [0.25, 0.3) is 0 Å². The molecule has 0 radical (unpaired) electrons. The molecule has 0 aliphatic carbocycles. The van der Waals surface area contributed by atoms with E-state index >= 15 is 0 Å². The number of carbonyl (C=O) groups excluding carboxylic acids is 1. The minimum Gasteiger partial charge on any atom is -0.467 e. The van der Waals surface area contributed by atoms with E-state index in [2.05, 4.69) is 5.32 Å². The van der Waals surface area contributed by atoms with Gasteiger partial charge in [-0.1, -0.05) is 23.2 Å². The molecule has 0 aliphatic rings. The average Bonchev–Trinajstić information content (AvgIpc) is 3.01. The van der Waals surface area contributed by atoms with Crippen molar-refractivity contribution in [1.82, 2.24) is 5.32 Å². The predicted octanol–water partition coefficient (Wildman–Crippen LogP) is 3.06. The predicted molar refractivity (Wildman–Crippen MR) is 93.8 cm³/mol. The molecule has 0 aliphatic heterocycles. The number of anilines is 1. The van der Waals surface area contributed by atoms with E-state index in [1.807, 2.05) is 0 Å². The van der Waals surface area contributed by atoms with E-state index < -0.39 is 10.0 Å². The van der Waals surface area contributed by atoms with Gasteiger partial charge >= 0.3 is 0 Å². The van der Waals surface area contributed by atoms with Crippen molar-refractivity contribution in [2.45, 2.75) is 13.0 Å². The Labute approximate surface area is 150 Å². The van der Waals surface area contributed by atoms with Crippen LogP contribution >= 0.6 is 23.2 Å². The summed E-state index contributed by atoms with van der Waals surface area (Å²) in [7, 11) is -3.57. The molecule has 0 atom stereocenters. The fourth-order valence-electron chi connectivity index (χ4n) is 2.02. The fraction of sp³-hybridized carbons (Fsp3) is 0.267. The van der Waals surface area contributed by atoms with Crippen molar-refractivity contribution >= 4 is 44.8 Å². The number of nitrogens with one attached hydrogen (secondary N) is 1. The topological polar surface area (TPSA) is 79.6 Å². The summed E-state index contributed by atoms with van der Waals surface area (Å²) in [5.41, 5.74) is 0.353. The van der Waals surface area contributed by atoms with Crippen molar-refractivity contribution in [3.8, 4) is 0 Å². The number of halogens is 2. The van der Waals surface area contributed by atoms with Crippen LogP contribution in [-0.2, 0) is 21.4 Å². The second-order valence-corrected chi connectivity index (χ2v) is 7.76. The average molecular weight is 391 g/mol. The summed E-state index contributed by atoms with van der Waals surface area (Å²) in [4.78, 5) is 11.9. The third kappa shape index (κ3) is 5.15. The number of hydrogen-bond acceptors (Lipinski definition) is 4. The minimum atomic E-state index is -3.57. The van der Waals surface area contributed by atoms with E-state index in [9.17, 15) is 13.2 Å². The Hall–Kier alpha value is -1.70. The second-order valence-electron chi connectivity index (χ2n) is 5.04. The number of furan rings is 1. The van der Waals surface area contributed by atoms with Crippen molar-refractivity contribution in [3.63, 3.8) is 0 Å². The fourth-order valence-corrected chi connectivity index (χ4v) is 3.23. The van der Waals surface area contributed by atoms with Crippen LogP contribution in [0.3, 0.4) is 0 Å². The molecular formula is C15H16Cl2N2O4S. The van der Waals surface area contributed by atoms with Gasteiger partial charge in [-0.2, -0.15) is 0 Å². The molecule has 1 aromatic carbocycles. The van der Waals surface area contributed by atoms with Crippen LogP contribution in [0.5, 0.6) is 0 Å². The van der Waals surface area contributed by atoms with Crippen molar-refractivity contribution < 1.29 is 17.6 Å². The number of nitrogens with zero attached hydrogens (tertiary/aromatic N) is 1. The number of amides is 1. The molecule has 0 saturated carbocycles. The molecule has 0 fully saturated rings. The number of carbonyl (C=O) groups is 1. The highest BCUT2D eigenvalue weighted by Gasteiger charge is 2.19. The Bertz CT molecular complexity index is 807. The highest BCUT2D eigenvalue weighted by atomic mass is 35.5. The maximum atomic E-state index is 12.0. The molecule has 1 amide bonds. The standard InChI is InChI=1S/C15H16Cl2N2O4S/c1-24(21,22)19(11-4-5-13(16)14(17)9-11)7-6-15(20)18-10-12-3-2-8-23-12/h2-5,8-9H,6-7,10H2,1H3,(H,18,20). The maximum Gasteiger partial charge on any atom is 0.232 e. The normalized spacial score (nSPS) is 11.3. The van der Waals surface area contributed by atoms with Crippen LogP contribution in [0.15, 0.2) is 41.0 Å². The zero-order chi connectivity index (χ0) is 17.7. The molecule has 1 aromatic heterocycles. The van der Waals surface area contributed by atoms with Gasteiger partial charge in [0.15, 0.2) is 0 Å². The van der Waals surface area contributed by atoms with Crippen LogP contribution in [0.25, 0.3) is 0 Å². The van der Waals surface area contributed by atoms with Gasteiger partial charge in [-0.25, -0.2) is 8.42 Å². The van der Waals surface area contributed by atoms with Crippen LogP contribution in [0.1, 0.15) is 12.2 Å². The highest BCUT2D eigenvalue weighted by Crippen LogP contribution is 2.28. The summed E-state index contributed by atoms with van der Waals surface area (Å²) in [5.74, 6) is 0.327. The summed E-state index contributed by atoms with van der Waals surface area (Å²) in [6.45, 7) is 0.234. The van der Waals surface area contributed by atoms with Gasteiger partial charge in [0.2, 0.25) is 15.9 Å². The quantitative estimate of drug-likeness (QED) is 0.787. The van der Waals surface area contributed by atoms with Gasteiger partial charge in [0.05, 0.1) is 34.8 Å². The molecule has 0 unspecified atom stereocenters. The number of sulfonamides is 1. The number of benzene rings is 1. The van der Waals surface area contributed by atoms with Crippen LogP contribution in [-0.4, -0.2) is 27.1 Å². The first kappa shape index (κ1) is 18.6. The van der Waals surface area contributed by atoms with Gasteiger partial charge in [-0.15, -0.1) is 0 Å². The first-order valence-electron chi connectivity index (χ1n) is 6.99. The number of hydrogen-bond donors (Lipinski definition) is 1. The zero-order valence-corrected chi connectivity index (χ0v) is 15.2. The smallest absolute Gasteiger partial charge is 0.232 e. The molecule has 24 heavy (non-hydrogen) atoms. The Morgan fingerprint density at radius 2 is 2.00 bits per heavy atom. The van der Waals surface area contributed by atoms with E-state index in [1.165, 1.54) is 24.5 Å². The maximum absolute atomic E-state index is 12.0. The lowest BCUT2D eigenvalue weighted by molar-refractivity contribution is -0.121. The summed E-state index contributed by atoms with van der Waals surface area (Å²) < 4.78 is 30.2. The molecule has 130 valence electrons. The molecular weight excluding hydrogens is 375 g/mol. The third-order valence-corrected chi connectivity index (χ3v) is 5.11. The zero-order valence-electron chi connectivity index (χ0n) is 12.8. The van der Waals surface area contributed by atoms with Gasteiger partial charge in [-0.05, 0) is 30.3 Å². The summed E-state index contributed by atoms with van der Waals surface area (Å²) in [6, 6.07) is 7.95. The Morgan fingerprint density at radius 3 is 2.58 bits per heavy atom. The first-order chi connectivity index (χ1) is 11.3. The lowest BCUT2D eigenvalue weighted by Gasteiger charge is -2.22. The van der Waals surface area contributed by atoms with E-state index in [4.69, 9.17) is 27.6 Å². The SMILES string of the molecule is CS(=O)(=O)N(CCC(=O)NCc1ccco1)c1ccc(Cl)c(Cl)c1. The molecule has 9 heteroatoms. The lowest BCUT2D eigenvalue weighted by Crippen LogP contribution is -2.34. The van der Waals surface area contributed by atoms with Crippen LogP contribution in [0.4, 0.5) is 5.69 Å². The molecule has 1 heterocycles. The molecule has 6 nitrogen and oxygen atoms in total. The third-order valence-electron chi connectivity index (χ3n) is 3.17. The molecule has 0 saturated heterocycles. The van der Waals surface area contributed by atoms with Crippen LogP contribution in [0, 0.1) is 0 Å². The number of rotatable bonds is 7. The van der Waals surface area contributed by atoms with Gasteiger partial charge in [-0.3, -0.25) is 9.10 Å². The van der Waals surface area contributed by atoms with Crippen molar-refractivity contribution in [1.29, 1.82) is 0 Å². The molecule has 2 rings (SSSR count). The van der Waals surface area contributed by atoms with Crippen LogP contribution in [0.2, 0.25) is 10.0 Å². The molecule has 0 bridgehead atoms. The summed E-state index contributed by atoms with van der Waals surface area (Å²) >= 11 is 11.8. The van der Waals surface area contributed by atoms with Crippen LogP contribution < -0.4 is 9.62 Å². The molecule has 1 N–H and O–H groups in total. The molecule has 0 spiro atoms. The first-order valence-corrected chi connectivity index (χ1v) is 9.59. The minimum absolute atomic E-state index is 0.00593. The lowest BCUT2D eigenvalue weighted by atomic mass is 10.3. The van der Waals surface area contributed by atoms with E-state index in [-0.39, 0.29) is 30.4 Å². The van der Waals surface area contributed by atoms with E-state index in [0.29, 0.717) is 16.5 Å².